The lowest BCUT2D eigenvalue weighted by atomic mass is 10.1. The SMILES string of the molecule is CC[C@@H](C(=O)NCC(C)C)N(Cc1c(Cl)cccc1Cl)C(=O)COc1cc(C)c(Cl)c(C)c1. The number of carbonyl (C=O) groups is 2. The predicted molar refractivity (Wildman–Crippen MR) is 135 cm³/mol. The summed E-state index contributed by atoms with van der Waals surface area (Å²) in [7, 11) is 0. The third-order valence-corrected chi connectivity index (χ3v) is 6.54. The van der Waals surface area contributed by atoms with E-state index in [4.69, 9.17) is 39.5 Å². The average molecular weight is 514 g/mol. The second-order valence-electron chi connectivity index (χ2n) is 8.44. The van der Waals surface area contributed by atoms with Gasteiger partial charge >= 0.3 is 0 Å². The summed E-state index contributed by atoms with van der Waals surface area (Å²) in [6.07, 6.45) is 0.427. The maximum atomic E-state index is 13.3. The van der Waals surface area contributed by atoms with Gasteiger partial charge in [-0.15, -0.1) is 0 Å². The molecule has 0 saturated heterocycles. The van der Waals surface area contributed by atoms with Crippen LogP contribution >= 0.6 is 34.8 Å². The lowest BCUT2D eigenvalue weighted by Gasteiger charge is -2.31. The highest BCUT2D eigenvalue weighted by atomic mass is 35.5. The first-order valence-electron chi connectivity index (χ1n) is 10.9. The van der Waals surface area contributed by atoms with Crippen LogP contribution in [0.5, 0.6) is 5.75 Å². The van der Waals surface area contributed by atoms with E-state index in [0.29, 0.717) is 39.3 Å². The van der Waals surface area contributed by atoms with Gasteiger partial charge in [-0.3, -0.25) is 9.59 Å². The van der Waals surface area contributed by atoms with E-state index in [1.54, 1.807) is 30.3 Å². The molecule has 0 aliphatic heterocycles. The molecule has 8 heteroatoms. The Kier molecular flexibility index (Phi) is 10.3. The zero-order valence-corrected chi connectivity index (χ0v) is 21.9. The van der Waals surface area contributed by atoms with Crippen molar-refractivity contribution in [2.24, 2.45) is 5.92 Å². The van der Waals surface area contributed by atoms with Crippen LogP contribution in [0.4, 0.5) is 0 Å². The molecule has 1 N–H and O–H groups in total. The number of carbonyl (C=O) groups excluding carboxylic acids is 2. The van der Waals surface area contributed by atoms with Crippen molar-refractivity contribution in [3.05, 3.63) is 62.1 Å². The van der Waals surface area contributed by atoms with E-state index in [0.717, 1.165) is 11.1 Å². The van der Waals surface area contributed by atoms with Crippen LogP contribution < -0.4 is 10.1 Å². The molecule has 0 bridgehead atoms. The van der Waals surface area contributed by atoms with Crippen molar-refractivity contribution in [3.8, 4) is 5.75 Å². The Bertz CT molecular complexity index is 952. The van der Waals surface area contributed by atoms with E-state index in [-0.39, 0.29) is 30.9 Å². The second kappa shape index (κ2) is 12.5. The zero-order chi connectivity index (χ0) is 24.7. The van der Waals surface area contributed by atoms with Crippen molar-refractivity contribution < 1.29 is 14.3 Å². The first-order valence-corrected chi connectivity index (χ1v) is 12.1. The van der Waals surface area contributed by atoms with Gasteiger partial charge in [0, 0.05) is 33.7 Å². The molecule has 0 aliphatic carbocycles. The van der Waals surface area contributed by atoms with Crippen molar-refractivity contribution >= 4 is 46.6 Å². The van der Waals surface area contributed by atoms with Crippen molar-refractivity contribution in [2.75, 3.05) is 13.2 Å². The zero-order valence-electron chi connectivity index (χ0n) is 19.7. The third kappa shape index (κ3) is 7.53. The smallest absolute Gasteiger partial charge is 0.261 e. The molecule has 2 rings (SSSR count). The Hall–Kier alpha value is -1.95. The molecule has 0 spiro atoms. The Balaban J connectivity index is 2.30. The van der Waals surface area contributed by atoms with Crippen LogP contribution in [0.2, 0.25) is 15.1 Å². The van der Waals surface area contributed by atoms with Crippen LogP contribution in [0, 0.1) is 19.8 Å². The second-order valence-corrected chi connectivity index (χ2v) is 9.64. The summed E-state index contributed by atoms with van der Waals surface area (Å²) < 4.78 is 5.79. The van der Waals surface area contributed by atoms with Gasteiger partial charge in [-0.25, -0.2) is 0 Å². The normalized spacial score (nSPS) is 11.9. The number of hydrogen-bond donors (Lipinski definition) is 1. The van der Waals surface area contributed by atoms with Crippen LogP contribution in [0.3, 0.4) is 0 Å². The summed E-state index contributed by atoms with van der Waals surface area (Å²) in [5, 5.41) is 4.45. The molecule has 2 aromatic rings. The number of rotatable bonds is 10. The van der Waals surface area contributed by atoms with Crippen molar-refractivity contribution in [1.29, 1.82) is 0 Å². The minimum Gasteiger partial charge on any atom is -0.484 e. The summed E-state index contributed by atoms with van der Waals surface area (Å²) in [5.41, 5.74) is 2.30. The van der Waals surface area contributed by atoms with Crippen LogP contribution in [0.15, 0.2) is 30.3 Å². The van der Waals surface area contributed by atoms with Crippen LogP contribution in [0.1, 0.15) is 43.9 Å². The fourth-order valence-electron chi connectivity index (χ4n) is 3.41. The average Bonchev–Trinajstić information content (AvgIpc) is 2.75. The number of nitrogens with zero attached hydrogens (tertiary/aromatic N) is 1. The number of halogens is 3. The van der Waals surface area contributed by atoms with Gasteiger partial charge in [-0.05, 0) is 61.6 Å². The van der Waals surface area contributed by atoms with Gasteiger partial charge in [0.2, 0.25) is 5.91 Å². The molecule has 0 unspecified atom stereocenters. The maximum absolute atomic E-state index is 13.3. The number of amides is 2. The maximum Gasteiger partial charge on any atom is 0.261 e. The van der Waals surface area contributed by atoms with E-state index in [1.165, 1.54) is 4.90 Å². The van der Waals surface area contributed by atoms with Crippen LogP contribution in [-0.2, 0) is 16.1 Å². The standard InChI is InChI=1S/C25H31Cl3N2O3/c1-6-22(25(32)29-12-15(2)3)30(13-19-20(26)8-7-9-21(19)27)23(31)14-33-18-10-16(4)24(28)17(5)11-18/h7-11,15,22H,6,12-14H2,1-5H3,(H,29,32)/t22-/m0/s1. The Labute approximate surface area is 211 Å². The quantitative estimate of drug-likeness (QED) is 0.410. The van der Waals surface area contributed by atoms with Crippen LogP contribution in [0.25, 0.3) is 0 Å². The van der Waals surface area contributed by atoms with Gasteiger partial charge in [-0.2, -0.15) is 0 Å². The van der Waals surface area contributed by atoms with E-state index in [1.807, 2.05) is 34.6 Å². The summed E-state index contributed by atoms with van der Waals surface area (Å²) >= 11 is 19.0. The lowest BCUT2D eigenvalue weighted by molar-refractivity contribution is -0.143. The van der Waals surface area contributed by atoms with Gasteiger partial charge in [0.05, 0.1) is 0 Å². The molecule has 0 aromatic heterocycles. The van der Waals surface area contributed by atoms with E-state index in [9.17, 15) is 9.59 Å². The summed E-state index contributed by atoms with van der Waals surface area (Å²) in [4.78, 5) is 27.8. The molecule has 0 heterocycles. The monoisotopic (exact) mass is 512 g/mol. The Morgan fingerprint density at radius 2 is 1.64 bits per heavy atom. The molecule has 2 amide bonds. The van der Waals surface area contributed by atoms with E-state index in [2.05, 4.69) is 5.32 Å². The summed E-state index contributed by atoms with van der Waals surface area (Å²) in [6.45, 7) is 10.0. The molecule has 1 atom stereocenters. The number of ether oxygens (including phenoxy) is 1. The molecule has 0 fully saturated rings. The van der Waals surface area contributed by atoms with Crippen LogP contribution in [-0.4, -0.2) is 35.9 Å². The molecule has 5 nitrogen and oxygen atoms in total. The molecular formula is C25H31Cl3N2O3. The fourth-order valence-corrected chi connectivity index (χ4v) is 4.04. The van der Waals surface area contributed by atoms with Gasteiger partial charge in [0.1, 0.15) is 11.8 Å². The van der Waals surface area contributed by atoms with Gasteiger partial charge in [0.25, 0.3) is 5.91 Å². The summed E-state index contributed by atoms with van der Waals surface area (Å²) in [5.74, 6) is 0.257. The molecule has 0 aliphatic rings. The first-order chi connectivity index (χ1) is 15.5. The van der Waals surface area contributed by atoms with Gasteiger partial charge in [-0.1, -0.05) is 61.6 Å². The molecular weight excluding hydrogens is 483 g/mol. The highest BCUT2D eigenvalue weighted by Crippen LogP contribution is 2.28. The Morgan fingerprint density at radius 1 is 1.06 bits per heavy atom. The molecule has 2 aromatic carbocycles. The Morgan fingerprint density at radius 3 is 2.15 bits per heavy atom. The molecule has 0 radical (unpaired) electrons. The van der Waals surface area contributed by atoms with E-state index >= 15 is 0 Å². The van der Waals surface area contributed by atoms with E-state index < -0.39 is 6.04 Å². The largest absolute Gasteiger partial charge is 0.484 e. The molecule has 180 valence electrons. The highest BCUT2D eigenvalue weighted by molar-refractivity contribution is 6.36. The lowest BCUT2D eigenvalue weighted by Crippen LogP contribution is -2.50. The predicted octanol–water partition coefficient (Wildman–Crippen LogP) is 6.22. The third-order valence-electron chi connectivity index (χ3n) is 5.23. The number of nitrogens with one attached hydrogen (secondary N) is 1. The first kappa shape index (κ1) is 27.3. The van der Waals surface area contributed by atoms with Crippen molar-refractivity contribution in [2.45, 2.75) is 53.6 Å². The van der Waals surface area contributed by atoms with Crippen molar-refractivity contribution in [1.82, 2.24) is 10.2 Å². The summed E-state index contributed by atoms with van der Waals surface area (Å²) in [6, 6.07) is 8.03. The molecule has 33 heavy (non-hydrogen) atoms. The number of hydrogen-bond acceptors (Lipinski definition) is 3. The number of benzene rings is 2. The fraction of sp³-hybridized carbons (Fsp3) is 0.440. The topological polar surface area (TPSA) is 58.6 Å². The van der Waals surface area contributed by atoms with Gasteiger partial charge in [0.15, 0.2) is 6.61 Å². The van der Waals surface area contributed by atoms with Gasteiger partial charge < -0.3 is 15.0 Å². The minimum atomic E-state index is -0.694. The van der Waals surface area contributed by atoms with Crippen molar-refractivity contribution in [3.63, 3.8) is 0 Å². The molecule has 0 saturated carbocycles. The highest BCUT2D eigenvalue weighted by Gasteiger charge is 2.30. The number of aryl methyl sites for hydroxylation is 2. The minimum absolute atomic E-state index is 0.0903.